The van der Waals surface area contributed by atoms with Crippen molar-refractivity contribution in [2.45, 2.75) is 12.1 Å². The lowest BCUT2D eigenvalue weighted by Crippen LogP contribution is -2.31. The molecule has 8 heteroatoms. The van der Waals surface area contributed by atoms with E-state index < -0.39 is 35.3 Å². The number of nitrogens with one attached hydrogen (secondary N) is 2. The van der Waals surface area contributed by atoms with Gasteiger partial charge in [0.2, 0.25) is 5.91 Å². The molecule has 2 aromatic carbocycles. The zero-order chi connectivity index (χ0) is 18.9. The summed E-state index contributed by atoms with van der Waals surface area (Å²) in [7, 11) is 0. The molecule has 0 aliphatic carbocycles. The minimum absolute atomic E-state index is 0.0263. The lowest BCUT2D eigenvalue weighted by molar-refractivity contribution is -0.137. The van der Waals surface area contributed by atoms with Gasteiger partial charge in [-0.1, -0.05) is 36.5 Å². The predicted molar refractivity (Wildman–Crippen MR) is 93.3 cm³/mol. The van der Waals surface area contributed by atoms with Gasteiger partial charge in [-0.2, -0.15) is 13.2 Å². The van der Waals surface area contributed by atoms with Gasteiger partial charge in [0.15, 0.2) is 0 Å². The Labute approximate surface area is 152 Å². The van der Waals surface area contributed by atoms with Crippen molar-refractivity contribution >= 4 is 28.8 Å². The van der Waals surface area contributed by atoms with E-state index in [4.69, 9.17) is 12.2 Å². The van der Waals surface area contributed by atoms with Gasteiger partial charge in [-0.3, -0.25) is 4.79 Å². The maximum atomic E-state index is 13.7. The van der Waals surface area contributed by atoms with Crippen molar-refractivity contribution in [2.24, 2.45) is 5.92 Å². The Balaban J connectivity index is 1.82. The first-order chi connectivity index (χ1) is 12.3. The van der Waals surface area contributed by atoms with Gasteiger partial charge in [-0.05, 0) is 29.8 Å². The normalized spacial score (nSPS) is 19.9. The van der Waals surface area contributed by atoms with Gasteiger partial charge in [0.25, 0.3) is 0 Å². The third-order valence-electron chi connectivity index (χ3n) is 4.26. The fourth-order valence-corrected chi connectivity index (χ4v) is 3.28. The minimum atomic E-state index is -4.43. The number of amides is 1. The van der Waals surface area contributed by atoms with Gasteiger partial charge >= 0.3 is 6.18 Å². The summed E-state index contributed by atoms with van der Waals surface area (Å²) in [6, 6.07) is 10.3. The van der Waals surface area contributed by atoms with Crippen molar-refractivity contribution in [1.82, 2.24) is 5.32 Å². The summed E-state index contributed by atoms with van der Waals surface area (Å²) in [4.78, 5) is 12.9. The molecule has 3 nitrogen and oxygen atoms in total. The first-order valence-electron chi connectivity index (χ1n) is 7.77. The first kappa shape index (κ1) is 18.3. The molecule has 2 atom stereocenters. The molecule has 0 radical (unpaired) electrons. The molecule has 2 N–H and O–H groups in total. The number of hydrogen-bond acceptors (Lipinski definition) is 2. The third-order valence-corrected chi connectivity index (χ3v) is 4.66. The topological polar surface area (TPSA) is 41.1 Å². The summed E-state index contributed by atoms with van der Waals surface area (Å²) < 4.78 is 51.9. The summed E-state index contributed by atoms with van der Waals surface area (Å²) in [5.74, 6) is -2.31. The number of carbonyl (C=O) groups is 1. The summed E-state index contributed by atoms with van der Waals surface area (Å²) in [5.41, 5.74) is -0.181. The number of alkyl halides is 3. The maximum absolute atomic E-state index is 13.7. The van der Waals surface area contributed by atoms with Crippen molar-refractivity contribution < 1.29 is 22.4 Å². The molecule has 1 aliphatic rings. The average molecular weight is 382 g/mol. The zero-order valence-corrected chi connectivity index (χ0v) is 14.1. The highest BCUT2D eigenvalue weighted by Gasteiger charge is 2.39. The number of rotatable bonds is 3. The van der Waals surface area contributed by atoms with Gasteiger partial charge in [-0.25, -0.2) is 4.39 Å². The SMILES string of the molecule is O=C(Nc1ccccc1F)[C@H]1C(=S)NC[C@@H]1c1ccc(C(F)(F)F)cc1. The van der Waals surface area contributed by atoms with Crippen molar-refractivity contribution in [2.75, 3.05) is 11.9 Å². The van der Waals surface area contributed by atoms with Crippen molar-refractivity contribution in [3.05, 3.63) is 65.5 Å². The molecule has 1 heterocycles. The molecule has 0 saturated carbocycles. The van der Waals surface area contributed by atoms with Crippen molar-refractivity contribution in [1.29, 1.82) is 0 Å². The molecule has 3 rings (SSSR count). The van der Waals surface area contributed by atoms with E-state index in [-0.39, 0.29) is 10.7 Å². The van der Waals surface area contributed by atoms with Crippen LogP contribution in [0.15, 0.2) is 48.5 Å². The summed E-state index contributed by atoms with van der Waals surface area (Å²) in [6.07, 6.45) is -4.43. The Kier molecular flexibility index (Phi) is 4.95. The maximum Gasteiger partial charge on any atom is 0.416 e. The second-order valence-electron chi connectivity index (χ2n) is 5.92. The Hall–Kier alpha value is -2.48. The number of benzene rings is 2. The number of anilines is 1. The number of thiocarbonyl (C=S) groups is 1. The van der Waals surface area contributed by atoms with Crippen LogP contribution in [-0.4, -0.2) is 17.4 Å². The molecule has 1 aliphatic heterocycles. The van der Waals surface area contributed by atoms with Gasteiger partial charge < -0.3 is 10.6 Å². The van der Waals surface area contributed by atoms with Crippen LogP contribution >= 0.6 is 12.2 Å². The van der Waals surface area contributed by atoms with E-state index in [1.807, 2.05) is 0 Å². The molecule has 26 heavy (non-hydrogen) atoms. The fourth-order valence-electron chi connectivity index (χ4n) is 2.93. The smallest absolute Gasteiger partial charge is 0.378 e. The van der Waals surface area contributed by atoms with E-state index in [0.29, 0.717) is 12.1 Å². The van der Waals surface area contributed by atoms with Gasteiger partial charge in [-0.15, -0.1) is 0 Å². The Morgan fingerprint density at radius 3 is 2.38 bits per heavy atom. The monoisotopic (exact) mass is 382 g/mol. The van der Waals surface area contributed by atoms with E-state index in [1.165, 1.54) is 30.3 Å². The van der Waals surface area contributed by atoms with Crippen LogP contribution in [0.5, 0.6) is 0 Å². The lowest BCUT2D eigenvalue weighted by atomic mass is 9.87. The van der Waals surface area contributed by atoms with E-state index in [9.17, 15) is 22.4 Å². The number of carbonyl (C=O) groups excluding carboxylic acids is 1. The molecule has 1 saturated heterocycles. The summed E-state index contributed by atoms with van der Waals surface area (Å²) in [6.45, 7) is 0.319. The van der Waals surface area contributed by atoms with Gasteiger partial charge in [0.1, 0.15) is 5.82 Å². The molecule has 0 bridgehead atoms. The summed E-state index contributed by atoms with van der Waals surface area (Å²) in [5, 5.41) is 5.40. The minimum Gasteiger partial charge on any atom is -0.378 e. The molecule has 136 valence electrons. The predicted octanol–water partition coefficient (Wildman–Crippen LogP) is 4.11. The van der Waals surface area contributed by atoms with E-state index in [1.54, 1.807) is 6.07 Å². The molecular formula is C18H14F4N2OS. The van der Waals surface area contributed by atoms with Crippen molar-refractivity contribution in [3.8, 4) is 0 Å². The van der Waals surface area contributed by atoms with Crippen LogP contribution in [-0.2, 0) is 11.0 Å². The van der Waals surface area contributed by atoms with E-state index in [0.717, 1.165) is 12.1 Å². The quantitative estimate of drug-likeness (QED) is 0.620. The standard InChI is InChI=1S/C18H14F4N2OS/c19-13-3-1-2-4-14(13)24-16(25)15-12(9-23-17(15)26)10-5-7-11(8-6-10)18(20,21)22/h1-8,12,15H,9H2,(H,23,26)(H,24,25)/t12-,15+/m1/s1. The first-order valence-corrected chi connectivity index (χ1v) is 8.18. The second kappa shape index (κ2) is 7.03. The molecule has 0 unspecified atom stereocenters. The lowest BCUT2D eigenvalue weighted by Gasteiger charge is -2.19. The van der Waals surface area contributed by atoms with E-state index >= 15 is 0 Å². The van der Waals surface area contributed by atoms with Crippen LogP contribution in [0, 0.1) is 11.7 Å². The number of para-hydroxylation sites is 1. The highest BCUT2D eigenvalue weighted by Crippen LogP contribution is 2.34. The second-order valence-corrected chi connectivity index (χ2v) is 6.36. The van der Waals surface area contributed by atoms with Gasteiger partial charge in [0.05, 0.1) is 22.2 Å². The molecule has 1 amide bonds. The van der Waals surface area contributed by atoms with Crippen LogP contribution in [0.3, 0.4) is 0 Å². The zero-order valence-electron chi connectivity index (χ0n) is 13.3. The molecule has 0 spiro atoms. The van der Waals surface area contributed by atoms with Crippen LogP contribution in [0.25, 0.3) is 0 Å². The number of halogens is 4. The van der Waals surface area contributed by atoms with Crippen LogP contribution in [0.2, 0.25) is 0 Å². The van der Waals surface area contributed by atoms with Crippen LogP contribution in [0.4, 0.5) is 23.2 Å². The molecular weight excluding hydrogens is 368 g/mol. The number of hydrogen-bond donors (Lipinski definition) is 2. The Morgan fingerprint density at radius 1 is 1.12 bits per heavy atom. The van der Waals surface area contributed by atoms with Crippen molar-refractivity contribution in [3.63, 3.8) is 0 Å². The molecule has 0 aromatic heterocycles. The van der Waals surface area contributed by atoms with Gasteiger partial charge in [0, 0.05) is 12.5 Å². The summed E-state index contributed by atoms with van der Waals surface area (Å²) >= 11 is 5.18. The van der Waals surface area contributed by atoms with E-state index in [2.05, 4.69) is 10.6 Å². The largest absolute Gasteiger partial charge is 0.416 e. The Morgan fingerprint density at radius 2 is 1.77 bits per heavy atom. The third kappa shape index (κ3) is 3.70. The average Bonchev–Trinajstić information content (AvgIpc) is 2.98. The van der Waals surface area contributed by atoms with Crippen LogP contribution in [0.1, 0.15) is 17.0 Å². The fraction of sp³-hybridized carbons (Fsp3) is 0.222. The molecule has 1 fully saturated rings. The van der Waals surface area contributed by atoms with Crippen LogP contribution < -0.4 is 10.6 Å². The molecule has 2 aromatic rings. The highest BCUT2D eigenvalue weighted by molar-refractivity contribution is 7.80. The highest BCUT2D eigenvalue weighted by atomic mass is 32.1. The Bertz CT molecular complexity index is 836.